The highest BCUT2D eigenvalue weighted by Gasteiger charge is 2.11. The minimum Gasteiger partial charge on any atom is -0.492 e. The number of hydrogen-bond acceptors (Lipinski definition) is 5. The third kappa shape index (κ3) is 5.27. The first-order chi connectivity index (χ1) is 13.5. The molecule has 0 radical (unpaired) electrons. The van der Waals surface area contributed by atoms with E-state index in [1.807, 2.05) is 13.8 Å². The zero-order chi connectivity index (χ0) is 19.9. The molecule has 0 saturated heterocycles. The Morgan fingerprint density at radius 3 is 2.61 bits per heavy atom. The number of carbonyl (C=O) groups is 1. The van der Waals surface area contributed by atoms with Crippen molar-refractivity contribution in [2.24, 2.45) is 0 Å². The number of rotatable bonds is 8. The third-order valence-electron chi connectivity index (χ3n) is 4.13. The van der Waals surface area contributed by atoms with Gasteiger partial charge in [-0.1, -0.05) is 22.8 Å². The van der Waals surface area contributed by atoms with Crippen LogP contribution >= 0.6 is 11.6 Å². The molecule has 0 spiro atoms. The fourth-order valence-corrected chi connectivity index (χ4v) is 2.68. The van der Waals surface area contributed by atoms with Crippen LogP contribution in [0.25, 0.3) is 0 Å². The van der Waals surface area contributed by atoms with Gasteiger partial charge < -0.3 is 19.3 Å². The maximum absolute atomic E-state index is 12.3. The molecule has 3 aromatic rings. The van der Waals surface area contributed by atoms with Crippen LogP contribution in [0.15, 0.2) is 53.1 Å². The van der Waals surface area contributed by atoms with Gasteiger partial charge >= 0.3 is 0 Å². The van der Waals surface area contributed by atoms with Gasteiger partial charge in [0, 0.05) is 10.6 Å². The van der Waals surface area contributed by atoms with E-state index in [0.717, 1.165) is 17.0 Å². The Morgan fingerprint density at radius 2 is 1.89 bits per heavy atom. The smallest absolute Gasteiger partial charge is 0.251 e. The second-order valence-electron chi connectivity index (χ2n) is 6.18. The Labute approximate surface area is 168 Å². The number of amides is 1. The van der Waals surface area contributed by atoms with Crippen molar-refractivity contribution >= 4 is 17.5 Å². The highest BCUT2D eigenvalue weighted by molar-refractivity contribution is 6.30. The molecule has 3 rings (SSSR count). The molecular formula is C21H21ClN2O4. The number of benzene rings is 2. The van der Waals surface area contributed by atoms with Gasteiger partial charge in [-0.2, -0.15) is 0 Å². The Balaban J connectivity index is 1.48. The monoisotopic (exact) mass is 400 g/mol. The molecular weight excluding hydrogens is 380 g/mol. The van der Waals surface area contributed by atoms with Crippen LogP contribution in [0.3, 0.4) is 0 Å². The quantitative estimate of drug-likeness (QED) is 0.569. The summed E-state index contributed by atoms with van der Waals surface area (Å²) in [6.07, 6.45) is 0. The van der Waals surface area contributed by atoms with Crippen molar-refractivity contribution in [3.63, 3.8) is 0 Å². The largest absolute Gasteiger partial charge is 0.492 e. The number of aryl methyl sites for hydroxylation is 2. The summed E-state index contributed by atoms with van der Waals surface area (Å²) in [6.45, 7) is 4.78. The number of aromatic nitrogens is 1. The minimum absolute atomic E-state index is 0.192. The van der Waals surface area contributed by atoms with Crippen molar-refractivity contribution in [3.05, 3.63) is 76.1 Å². The lowest BCUT2D eigenvalue weighted by Gasteiger charge is -2.10. The lowest BCUT2D eigenvalue weighted by atomic mass is 10.2. The van der Waals surface area contributed by atoms with Gasteiger partial charge in [0.25, 0.3) is 5.91 Å². The number of carbonyl (C=O) groups excluding carboxylic acids is 1. The summed E-state index contributed by atoms with van der Waals surface area (Å²) < 4.78 is 16.5. The molecule has 0 atom stereocenters. The molecule has 2 aromatic carbocycles. The van der Waals surface area contributed by atoms with Gasteiger partial charge in [0.2, 0.25) is 0 Å². The number of nitrogens with zero attached hydrogens (tertiary/aromatic N) is 1. The molecule has 0 aliphatic rings. The van der Waals surface area contributed by atoms with Crippen molar-refractivity contribution < 1.29 is 18.8 Å². The normalized spacial score (nSPS) is 10.5. The summed E-state index contributed by atoms with van der Waals surface area (Å²) >= 11 is 5.83. The number of halogens is 1. The van der Waals surface area contributed by atoms with Crippen LogP contribution in [0.2, 0.25) is 5.02 Å². The van der Waals surface area contributed by atoms with Crippen molar-refractivity contribution in [2.45, 2.75) is 20.5 Å². The second kappa shape index (κ2) is 9.28. The molecule has 0 fully saturated rings. The summed E-state index contributed by atoms with van der Waals surface area (Å²) in [7, 11) is 0. The first-order valence-electron chi connectivity index (χ1n) is 8.84. The zero-order valence-corrected chi connectivity index (χ0v) is 16.5. The summed E-state index contributed by atoms with van der Waals surface area (Å²) in [6, 6.07) is 14.1. The molecule has 7 heteroatoms. The average Bonchev–Trinajstić information content (AvgIpc) is 3.02. The van der Waals surface area contributed by atoms with E-state index in [4.69, 9.17) is 25.6 Å². The Morgan fingerprint density at radius 1 is 1.11 bits per heavy atom. The fourth-order valence-electron chi connectivity index (χ4n) is 2.56. The number of hydrogen-bond donors (Lipinski definition) is 1. The van der Waals surface area contributed by atoms with Crippen LogP contribution in [0.5, 0.6) is 11.5 Å². The topological polar surface area (TPSA) is 73.6 Å². The van der Waals surface area contributed by atoms with Gasteiger partial charge in [0.1, 0.15) is 30.5 Å². The predicted octanol–water partition coefficient (Wildman–Crippen LogP) is 4.33. The van der Waals surface area contributed by atoms with Crippen molar-refractivity contribution in [1.82, 2.24) is 10.5 Å². The van der Waals surface area contributed by atoms with E-state index in [1.165, 1.54) is 0 Å². The van der Waals surface area contributed by atoms with E-state index in [0.29, 0.717) is 41.8 Å². The highest BCUT2D eigenvalue weighted by atomic mass is 35.5. The van der Waals surface area contributed by atoms with Crippen LogP contribution in [-0.2, 0) is 6.61 Å². The van der Waals surface area contributed by atoms with E-state index in [-0.39, 0.29) is 5.91 Å². The van der Waals surface area contributed by atoms with Crippen LogP contribution in [0.1, 0.15) is 27.4 Å². The van der Waals surface area contributed by atoms with E-state index >= 15 is 0 Å². The standard InChI is InChI=1S/C21H21ClN2O4/c1-14-20(15(2)28-24-14)13-27-19-5-3-4-16(12-19)21(25)23-10-11-26-18-8-6-17(22)7-9-18/h3-9,12H,10-11,13H2,1-2H3,(H,23,25). The third-order valence-corrected chi connectivity index (χ3v) is 4.38. The van der Waals surface area contributed by atoms with Crippen molar-refractivity contribution in [3.8, 4) is 11.5 Å². The molecule has 0 unspecified atom stereocenters. The van der Waals surface area contributed by atoms with Gasteiger partial charge in [-0.05, 0) is 56.3 Å². The summed E-state index contributed by atoms with van der Waals surface area (Å²) in [4.78, 5) is 12.3. The molecule has 0 aliphatic heterocycles. The van der Waals surface area contributed by atoms with Gasteiger partial charge in [0.15, 0.2) is 0 Å². The van der Waals surface area contributed by atoms with Crippen LogP contribution < -0.4 is 14.8 Å². The Kier molecular flexibility index (Phi) is 6.55. The molecule has 146 valence electrons. The lowest BCUT2D eigenvalue weighted by molar-refractivity contribution is 0.0946. The van der Waals surface area contributed by atoms with Gasteiger partial charge in [0.05, 0.1) is 17.8 Å². The van der Waals surface area contributed by atoms with E-state index in [9.17, 15) is 4.79 Å². The van der Waals surface area contributed by atoms with Crippen LogP contribution in [-0.4, -0.2) is 24.2 Å². The molecule has 28 heavy (non-hydrogen) atoms. The second-order valence-corrected chi connectivity index (χ2v) is 6.61. The van der Waals surface area contributed by atoms with Crippen LogP contribution in [0.4, 0.5) is 0 Å². The molecule has 1 heterocycles. The fraction of sp³-hybridized carbons (Fsp3) is 0.238. The van der Waals surface area contributed by atoms with Gasteiger partial charge in [-0.25, -0.2) is 0 Å². The molecule has 6 nitrogen and oxygen atoms in total. The molecule has 0 aliphatic carbocycles. The summed E-state index contributed by atoms with van der Waals surface area (Å²) in [5, 5.41) is 7.38. The maximum atomic E-state index is 12.3. The average molecular weight is 401 g/mol. The first kappa shape index (κ1) is 19.8. The van der Waals surface area contributed by atoms with Gasteiger partial charge in [-0.15, -0.1) is 0 Å². The maximum Gasteiger partial charge on any atom is 0.251 e. The minimum atomic E-state index is -0.192. The molecule has 1 N–H and O–H groups in total. The van der Waals surface area contributed by atoms with Gasteiger partial charge in [-0.3, -0.25) is 4.79 Å². The zero-order valence-electron chi connectivity index (χ0n) is 15.7. The molecule has 0 saturated carbocycles. The number of ether oxygens (including phenoxy) is 2. The number of nitrogens with one attached hydrogen (secondary N) is 1. The Bertz CT molecular complexity index is 918. The predicted molar refractivity (Wildman–Crippen MR) is 106 cm³/mol. The summed E-state index contributed by atoms with van der Waals surface area (Å²) in [5.41, 5.74) is 2.23. The SMILES string of the molecule is Cc1noc(C)c1COc1cccc(C(=O)NCCOc2ccc(Cl)cc2)c1. The molecule has 1 aromatic heterocycles. The highest BCUT2D eigenvalue weighted by Crippen LogP contribution is 2.19. The van der Waals surface area contributed by atoms with Crippen LogP contribution in [0, 0.1) is 13.8 Å². The van der Waals surface area contributed by atoms with E-state index in [2.05, 4.69) is 10.5 Å². The Hall–Kier alpha value is -2.99. The van der Waals surface area contributed by atoms with Crippen molar-refractivity contribution in [2.75, 3.05) is 13.2 Å². The lowest BCUT2D eigenvalue weighted by Crippen LogP contribution is -2.28. The summed E-state index contributed by atoms with van der Waals surface area (Å²) in [5.74, 6) is 1.84. The van der Waals surface area contributed by atoms with Crippen molar-refractivity contribution in [1.29, 1.82) is 0 Å². The molecule has 0 bridgehead atoms. The van der Waals surface area contributed by atoms with E-state index < -0.39 is 0 Å². The van der Waals surface area contributed by atoms with E-state index in [1.54, 1.807) is 48.5 Å². The first-order valence-corrected chi connectivity index (χ1v) is 9.22. The molecule has 1 amide bonds.